The van der Waals surface area contributed by atoms with Crippen LogP contribution in [0.15, 0.2) is 18.2 Å². The van der Waals surface area contributed by atoms with Crippen molar-refractivity contribution < 1.29 is 24.6 Å². The summed E-state index contributed by atoms with van der Waals surface area (Å²) >= 11 is 5.82. The standard InChI is InChI=1S/C12H10ClN3O5/c13-7-2-1-6(5-14)3-8(7)15-12(21)16-9(11(19)20)4-10(17)18/h1-3,9H,4H2,(H,17,18)(H,19,20)(H2,15,16,21). The molecule has 0 bridgehead atoms. The number of urea groups is 1. The van der Waals surface area contributed by atoms with Crippen LogP contribution in [0, 0.1) is 11.3 Å². The predicted octanol–water partition coefficient (Wildman–Crippen LogP) is 1.26. The molecule has 8 nitrogen and oxygen atoms in total. The van der Waals surface area contributed by atoms with Crippen molar-refractivity contribution in [1.82, 2.24) is 5.32 Å². The van der Waals surface area contributed by atoms with Gasteiger partial charge in [0, 0.05) is 0 Å². The molecule has 4 N–H and O–H groups in total. The van der Waals surface area contributed by atoms with Gasteiger partial charge in [0.05, 0.1) is 28.8 Å². The van der Waals surface area contributed by atoms with Crippen LogP contribution in [0.4, 0.5) is 10.5 Å². The molecule has 0 radical (unpaired) electrons. The van der Waals surface area contributed by atoms with E-state index in [9.17, 15) is 14.4 Å². The molecule has 0 saturated heterocycles. The molecule has 0 aliphatic carbocycles. The molecule has 1 aromatic rings. The third-order valence-corrected chi connectivity index (χ3v) is 2.66. The second kappa shape index (κ2) is 7.12. The highest BCUT2D eigenvalue weighted by Gasteiger charge is 2.23. The summed E-state index contributed by atoms with van der Waals surface area (Å²) in [6, 6.07) is 3.46. The topological polar surface area (TPSA) is 140 Å². The summed E-state index contributed by atoms with van der Waals surface area (Å²) in [6.07, 6.45) is -0.769. The van der Waals surface area contributed by atoms with Gasteiger partial charge in [0.25, 0.3) is 0 Å². The van der Waals surface area contributed by atoms with Crippen LogP contribution in [0.25, 0.3) is 0 Å². The molecular weight excluding hydrogens is 302 g/mol. The quantitative estimate of drug-likeness (QED) is 0.645. The van der Waals surface area contributed by atoms with Crippen molar-refractivity contribution in [3.63, 3.8) is 0 Å². The summed E-state index contributed by atoms with van der Waals surface area (Å²) in [5.41, 5.74) is 0.350. The van der Waals surface area contributed by atoms with E-state index in [-0.39, 0.29) is 16.3 Å². The molecule has 0 aliphatic rings. The minimum atomic E-state index is -1.58. The maximum Gasteiger partial charge on any atom is 0.326 e. The van der Waals surface area contributed by atoms with Gasteiger partial charge >= 0.3 is 18.0 Å². The minimum absolute atomic E-state index is 0.104. The predicted molar refractivity (Wildman–Crippen MR) is 72.0 cm³/mol. The van der Waals surface area contributed by atoms with E-state index < -0.39 is 30.4 Å². The Balaban J connectivity index is 2.79. The Morgan fingerprint density at radius 3 is 2.52 bits per heavy atom. The Labute approximate surface area is 123 Å². The van der Waals surface area contributed by atoms with Crippen molar-refractivity contribution >= 4 is 35.3 Å². The summed E-state index contributed by atoms with van der Waals surface area (Å²) < 4.78 is 0. The lowest BCUT2D eigenvalue weighted by Crippen LogP contribution is -2.44. The molecule has 21 heavy (non-hydrogen) atoms. The van der Waals surface area contributed by atoms with Crippen LogP contribution in [0.1, 0.15) is 12.0 Å². The molecule has 9 heteroatoms. The molecule has 0 fully saturated rings. The largest absolute Gasteiger partial charge is 0.481 e. The number of hydrogen-bond acceptors (Lipinski definition) is 4. The summed E-state index contributed by atoms with van der Waals surface area (Å²) in [5.74, 6) is -2.85. The molecule has 1 aromatic carbocycles. The normalized spacial score (nSPS) is 11.0. The summed E-state index contributed by atoms with van der Waals surface area (Å²) in [6.45, 7) is 0. The zero-order chi connectivity index (χ0) is 16.0. The fraction of sp³-hybridized carbons (Fsp3) is 0.167. The first-order chi connectivity index (χ1) is 9.83. The number of halogens is 1. The molecule has 0 aromatic heterocycles. The van der Waals surface area contributed by atoms with E-state index in [1.165, 1.54) is 18.2 Å². The van der Waals surface area contributed by atoms with E-state index in [2.05, 4.69) is 5.32 Å². The molecule has 0 saturated carbocycles. The molecule has 1 rings (SSSR count). The third-order valence-electron chi connectivity index (χ3n) is 2.33. The first kappa shape index (κ1) is 16.3. The third kappa shape index (κ3) is 5.00. The average Bonchev–Trinajstić information content (AvgIpc) is 2.39. The number of nitriles is 1. The van der Waals surface area contributed by atoms with Gasteiger partial charge in [0.1, 0.15) is 6.04 Å². The SMILES string of the molecule is N#Cc1ccc(Cl)c(NC(=O)NC(CC(=O)O)C(=O)O)c1. The Bertz CT molecular complexity index is 626. The fourth-order valence-corrected chi connectivity index (χ4v) is 1.55. The number of carboxylic acid groups (broad SMARTS) is 2. The average molecular weight is 312 g/mol. The lowest BCUT2D eigenvalue weighted by molar-refractivity contribution is -0.145. The van der Waals surface area contributed by atoms with Crippen molar-refractivity contribution in [2.24, 2.45) is 0 Å². The van der Waals surface area contributed by atoms with Gasteiger partial charge in [-0.1, -0.05) is 11.6 Å². The van der Waals surface area contributed by atoms with Crippen LogP contribution in [0.5, 0.6) is 0 Å². The summed E-state index contributed by atoms with van der Waals surface area (Å²) in [4.78, 5) is 33.0. The lowest BCUT2D eigenvalue weighted by atomic mass is 10.2. The minimum Gasteiger partial charge on any atom is -0.481 e. The Morgan fingerprint density at radius 2 is 2.00 bits per heavy atom. The van der Waals surface area contributed by atoms with Crippen LogP contribution in [0.3, 0.4) is 0 Å². The molecule has 0 aliphatic heterocycles. The first-order valence-electron chi connectivity index (χ1n) is 5.55. The zero-order valence-electron chi connectivity index (χ0n) is 10.5. The summed E-state index contributed by atoms with van der Waals surface area (Å²) in [5, 5.41) is 30.5. The zero-order valence-corrected chi connectivity index (χ0v) is 11.2. The number of hydrogen-bond donors (Lipinski definition) is 4. The Hall–Kier alpha value is -2.79. The van der Waals surface area contributed by atoms with Gasteiger partial charge in [-0.2, -0.15) is 5.26 Å². The number of anilines is 1. The van der Waals surface area contributed by atoms with E-state index in [1.807, 2.05) is 11.4 Å². The van der Waals surface area contributed by atoms with Crippen LogP contribution < -0.4 is 10.6 Å². The highest BCUT2D eigenvalue weighted by atomic mass is 35.5. The smallest absolute Gasteiger partial charge is 0.326 e. The van der Waals surface area contributed by atoms with Crippen molar-refractivity contribution in [3.05, 3.63) is 28.8 Å². The van der Waals surface area contributed by atoms with Crippen LogP contribution >= 0.6 is 11.6 Å². The molecule has 110 valence electrons. The molecule has 0 spiro atoms. The number of aliphatic carboxylic acids is 2. The number of carbonyl (C=O) groups excluding carboxylic acids is 1. The molecule has 1 atom stereocenters. The number of amides is 2. The number of carbonyl (C=O) groups is 3. The summed E-state index contributed by atoms with van der Waals surface area (Å²) in [7, 11) is 0. The maximum atomic E-state index is 11.6. The van der Waals surface area contributed by atoms with E-state index >= 15 is 0 Å². The number of benzene rings is 1. The van der Waals surface area contributed by atoms with Gasteiger partial charge in [-0.3, -0.25) is 4.79 Å². The molecule has 1 unspecified atom stereocenters. The molecule has 0 heterocycles. The number of nitrogens with one attached hydrogen (secondary N) is 2. The fourth-order valence-electron chi connectivity index (χ4n) is 1.38. The highest BCUT2D eigenvalue weighted by Crippen LogP contribution is 2.22. The van der Waals surface area contributed by atoms with Gasteiger partial charge in [-0.25, -0.2) is 9.59 Å². The van der Waals surface area contributed by atoms with Gasteiger partial charge in [-0.05, 0) is 18.2 Å². The van der Waals surface area contributed by atoms with Crippen molar-refractivity contribution in [2.75, 3.05) is 5.32 Å². The van der Waals surface area contributed by atoms with E-state index in [0.29, 0.717) is 0 Å². The van der Waals surface area contributed by atoms with Crippen molar-refractivity contribution in [2.45, 2.75) is 12.5 Å². The second-order valence-electron chi connectivity index (χ2n) is 3.89. The van der Waals surface area contributed by atoms with Gasteiger partial charge < -0.3 is 20.8 Å². The number of nitrogens with zero attached hydrogens (tertiary/aromatic N) is 1. The molecule has 2 amide bonds. The van der Waals surface area contributed by atoms with E-state index in [0.717, 1.165) is 0 Å². The van der Waals surface area contributed by atoms with Gasteiger partial charge in [0.15, 0.2) is 0 Å². The monoisotopic (exact) mass is 311 g/mol. The highest BCUT2D eigenvalue weighted by molar-refractivity contribution is 6.33. The Morgan fingerprint density at radius 1 is 1.33 bits per heavy atom. The van der Waals surface area contributed by atoms with Crippen molar-refractivity contribution in [1.29, 1.82) is 5.26 Å². The van der Waals surface area contributed by atoms with Crippen molar-refractivity contribution in [3.8, 4) is 6.07 Å². The van der Waals surface area contributed by atoms with Crippen LogP contribution in [0.2, 0.25) is 5.02 Å². The Kier molecular flexibility index (Phi) is 5.51. The number of rotatable bonds is 5. The lowest BCUT2D eigenvalue weighted by Gasteiger charge is -2.14. The van der Waals surface area contributed by atoms with Crippen LogP contribution in [-0.2, 0) is 9.59 Å². The van der Waals surface area contributed by atoms with Gasteiger partial charge in [0.2, 0.25) is 0 Å². The first-order valence-corrected chi connectivity index (χ1v) is 5.93. The maximum absolute atomic E-state index is 11.6. The van der Waals surface area contributed by atoms with Gasteiger partial charge in [-0.15, -0.1) is 0 Å². The number of carboxylic acids is 2. The molecular formula is C12H10ClN3O5. The second-order valence-corrected chi connectivity index (χ2v) is 4.30. The van der Waals surface area contributed by atoms with Crippen LogP contribution in [-0.4, -0.2) is 34.2 Å². The van der Waals surface area contributed by atoms with E-state index in [4.69, 9.17) is 27.1 Å². The van der Waals surface area contributed by atoms with E-state index in [1.54, 1.807) is 0 Å².